The van der Waals surface area contributed by atoms with Crippen molar-refractivity contribution in [3.05, 3.63) is 15.6 Å². The van der Waals surface area contributed by atoms with Crippen molar-refractivity contribution in [1.82, 2.24) is 15.6 Å². The maximum atomic E-state index is 12.1. The number of hydrogen-bond donors (Lipinski definition) is 2. The largest absolute Gasteiger partial charge is 0.462 e. The van der Waals surface area contributed by atoms with Crippen molar-refractivity contribution in [3.63, 3.8) is 0 Å². The summed E-state index contributed by atoms with van der Waals surface area (Å²) >= 11 is 1.28. The maximum Gasteiger partial charge on any atom is 0.350 e. The normalized spacial score (nSPS) is 19.3. The zero-order chi connectivity index (χ0) is 15.4. The summed E-state index contributed by atoms with van der Waals surface area (Å²) in [5, 5.41) is 6.83. The van der Waals surface area contributed by atoms with Crippen LogP contribution in [0.4, 0.5) is 0 Å². The van der Waals surface area contributed by atoms with Crippen LogP contribution >= 0.6 is 11.3 Å². The van der Waals surface area contributed by atoms with E-state index in [0.29, 0.717) is 17.2 Å². The van der Waals surface area contributed by atoms with E-state index in [0.717, 1.165) is 24.4 Å². The molecule has 6 nitrogen and oxygen atoms in total. The molecule has 0 spiro atoms. The van der Waals surface area contributed by atoms with E-state index in [1.54, 1.807) is 13.8 Å². The zero-order valence-electron chi connectivity index (χ0n) is 12.6. The minimum Gasteiger partial charge on any atom is -0.462 e. The third-order valence-electron chi connectivity index (χ3n) is 3.38. The molecule has 0 radical (unpaired) electrons. The third kappa shape index (κ3) is 3.79. The van der Waals surface area contributed by atoms with Gasteiger partial charge in [0.05, 0.1) is 24.4 Å². The van der Waals surface area contributed by atoms with Crippen molar-refractivity contribution in [1.29, 1.82) is 0 Å². The maximum absolute atomic E-state index is 12.1. The number of ether oxygens (including phenoxy) is 1. The molecule has 0 aromatic carbocycles. The van der Waals surface area contributed by atoms with E-state index in [1.807, 2.05) is 6.92 Å². The smallest absolute Gasteiger partial charge is 0.350 e. The summed E-state index contributed by atoms with van der Waals surface area (Å²) in [5.74, 6) is -0.361. The van der Waals surface area contributed by atoms with Crippen molar-refractivity contribution in [2.75, 3.05) is 13.2 Å². The minimum absolute atomic E-state index is 0.00876. The molecule has 2 atom stereocenters. The lowest BCUT2D eigenvalue weighted by Gasteiger charge is -2.15. The summed E-state index contributed by atoms with van der Waals surface area (Å²) in [7, 11) is 0. The standard InChI is InChI=1S/C14H21N3O3S/c1-4-20-14(19)11-8(2)17-13(21-11)9(3)16-12(18)10-6-5-7-15-10/h9-10,15H,4-7H2,1-3H3,(H,16,18). The summed E-state index contributed by atoms with van der Waals surface area (Å²) < 4.78 is 5.00. The van der Waals surface area contributed by atoms with Crippen LogP contribution in [-0.2, 0) is 9.53 Å². The molecule has 0 bridgehead atoms. The Kier molecular flexibility index (Phi) is 5.30. The van der Waals surface area contributed by atoms with Gasteiger partial charge in [0.1, 0.15) is 9.88 Å². The Bertz CT molecular complexity index is 524. The summed E-state index contributed by atoms with van der Waals surface area (Å²) in [4.78, 5) is 28.7. The number of nitrogens with zero attached hydrogens (tertiary/aromatic N) is 1. The van der Waals surface area contributed by atoms with Gasteiger partial charge in [0.25, 0.3) is 0 Å². The number of rotatable bonds is 5. The third-order valence-corrected chi connectivity index (χ3v) is 4.70. The van der Waals surface area contributed by atoms with Crippen molar-refractivity contribution in [2.45, 2.75) is 45.7 Å². The fraction of sp³-hybridized carbons (Fsp3) is 0.643. The number of esters is 1. The number of nitrogens with one attached hydrogen (secondary N) is 2. The fourth-order valence-electron chi connectivity index (χ4n) is 2.27. The van der Waals surface area contributed by atoms with Crippen LogP contribution in [0.15, 0.2) is 0 Å². The second-order valence-corrected chi connectivity index (χ2v) is 6.10. The molecule has 1 aromatic heterocycles. The first kappa shape index (κ1) is 15.9. The molecule has 1 amide bonds. The van der Waals surface area contributed by atoms with Crippen LogP contribution in [0.1, 0.15) is 53.1 Å². The molecule has 0 aliphatic carbocycles. The van der Waals surface area contributed by atoms with Gasteiger partial charge in [0.15, 0.2) is 0 Å². The van der Waals surface area contributed by atoms with Gasteiger partial charge in [-0.3, -0.25) is 4.79 Å². The van der Waals surface area contributed by atoms with Crippen molar-refractivity contribution in [2.24, 2.45) is 0 Å². The molecule has 1 aromatic rings. The highest BCUT2D eigenvalue weighted by Gasteiger charge is 2.25. The van der Waals surface area contributed by atoms with E-state index in [4.69, 9.17) is 4.74 Å². The van der Waals surface area contributed by atoms with Crippen LogP contribution < -0.4 is 10.6 Å². The topological polar surface area (TPSA) is 80.3 Å². The van der Waals surface area contributed by atoms with E-state index >= 15 is 0 Å². The molecular weight excluding hydrogens is 290 g/mol. The average Bonchev–Trinajstić information content (AvgIpc) is 3.07. The van der Waals surface area contributed by atoms with Gasteiger partial charge in [-0.2, -0.15) is 0 Å². The van der Waals surface area contributed by atoms with Crippen molar-refractivity contribution >= 4 is 23.2 Å². The molecule has 2 unspecified atom stereocenters. The van der Waals surface area contributed by atoms with Gasteiger partial charge in [-0.25, -0.2) is 9.78 Å². The SMILES string of the molecule is CCOC(=O)c1sc(C(C)NC(=O)C2CCCN2)nc1C. The van der Waals surface area contributed by atoms with Crippen molar-refractivity contribution < 1.29 is 14.3 Å². The number of thiazole rings is 1. The number of aromatic nitrogens is 1. The van der Waals surface area contributed by atoms with Crippen LogP contribution in [0, 0.1) is 6.92 Å². The first-order valence-electron chi connectivity index (χ1n) is 7.21. The van der Waals surface area contributed by atoms with E-state index in [9.17, 15) is 9.59 Å². The molecule has 116 valence electrons. The predicted molar refractivity (Wildman–Crippen MR) is 80.4 cm³/mol. The number of carbonyl (C=O) groups is 2. The summed E-state index contributed by atoms with van der Waals surface area (Å²) in [6, 6.07) is -0.329. The number of hydrogen-bond acceptors (Lipinski definition) is 6. The lowest BCUT2D eigenvalue weighted by molar-refractivity contribution is -0.123. The van der Waals surface area contributed by atoms with Gasteiger partial charge in [-0.05, 0) is 40.2 Å². The lowest BCUT2D eigenvalue weighted by atomic mass is 10.2. The molecule has 1 aliphatic rings. The lowest BCUT2D eigenvalue weighted by Crippen LogP contribution is -2.41. The Morgan fingerprint density at radius 3 is 2.95 bits per heavy atom. The Balaban J connectivity index is 2.02. The monoisotopic (exact) mass is 311 g/mol. The second kappa shape index (κ2) is 7.00. The van der Waals surface area contributed by atoms with Crippen LogP contribution in [0.25, 0.3) is 0 Å². The van der Waals surface area contributed by atoms with Gasteiger partial charge in [-0.1, -0.05) is 0 Å². The van der Waals surface area contributed by atoms with E-state index in [2.05, 4.69) is 15.6 Å². The van der Waals surface area contributed by atoms with Crippen LogP contribution in [0.5, 0.6) is 0 Å². The number of carbonyl (C=O) groups excluding carboxylic acids is 2. The predicted octanol–water partition coefficient (Wildman–Crippen LogP) is 1.56. The average molecular weight is 311 g/mol. The molecule has 21 heavy (non-hydrogen) atoms. The summed E-state index contributed by atoms with van der Waals surface area (Å²) in [5.41, 5.74) is 0.647. The first-order chi connectivity index (χ1) is 10.0. The summed E-state index contributed by atoms with van der Waals surface area (Å²) in [6.45, 7) is 6.65. The van der Waals surface area contributed by atoms with Crippen LogP contribution in [0.3, 0.4) is 0 Å². The van der Waals surface area contributed by atoms with Crippen LogP contribution in [0.2, 0.25) is 0 Å². The van der Waals surface area contributed by atoms with Gasteiger partial charge >= 0.3 is 5.97 Å². The van der Waals surface area contributed by atoms with Crippen LogP contribution in [-0.4, -0.2) is 36.1 Å². The fourth-order valence-corrected chi connectivity index (χ4v) is 3.24. The van der Waals surface area contributed by atoms with Gasteiger partial charge < -0.3 is 15.4 Å². The zero-order valence-corrected chi connectivity index (χ0v) is 13.4. The van der Waals surface area contributed by atoms with Gasteiger partial charge in [-0.15, -0.1) is 11.3 Å². The highest BCUT2D eigenvalue weighted by Crippen LogP contribution is 2.24. The molecule has 2 N–H and O–H groups in total. The Morgan fingerprint density at radius 2 is 2.33 bits per heavy atom. The minimum atomic E-state index is -0.352. The van der Waals surface area contributed by atoms with E-state index in [-0.39, 0.29) is 24.0 Å². The number of amides is 1. The molecule has 2 rings (SSSR count). The molecule has 7 heteroatoms. The molecule has 2 heterocycles. The Hall–Kier alpha value is -1.47. The second-order valence-electron chi connectivity index (χ2n) is 5.07. The Morgan fingerprint density at radius 1 is 1.57 bits per heavy atom. The Labute approximate surface area is 128 Å². The van der Waals surface area contributed by atoms with Gasteiger partial charge in [0.2, 0.25) is 5.91 Å². The molecule has 1 aliphatic heterocycles. The highest BCUT2D eigenvalue weighted by atomic mass is 32.1. The first-order valence-corrected chi connectivity index (χ1v) is 8.02. The summed E-state index contributed by atoms with van der Waals surface area (Å²) in [6.07, 6.45) is 1.89. The van der Waals surface area contributed by atoms with Crippen molar-refractivity contribution in [3.8, 4) is 0 Å². The van der Waals surface area contributed by atoms with E-state index in [1.165, 1.54) is 11.3 Å². The molecular formula is C14H21N3O3S. The molecule has 0 saturated carbocycles. The molecule has 1 saturated heterocycles. The number of aryl methyl sites for hydroxylation is 1. The highest BCUT2D eigenvalue weighted by molar-refractivity contribution is 7.13. The van der Waals surface area contributed by atoms with Gasteiger partial charge in [0, 0.05) is 0 Å². The molecule has 1 fully saturated rings. The quantitative estimate of drug-likeness (QED) is 0.807. The van der Waals surface area contributed by atoms with E-state index < -0.39 is 0 Å².